The molecule has 0 bridgehead atoms. The van der Waals surface area contributed by atoms with Crippen LogP contribution in [0.2, 0.25) is 0 Å². The number of sulfonamides is 1. The Labute approximate surface area is 162 Å². The Balaban J connectivity index is 1.60. The monoisotopic (exact) mass is 402 g/mol. The Kier molecular flexibility index (Phi) is 4.89. The molecule has 0 spiro atoms. The van der Waals surface area contributed by atoms with Crippen LogP contribution < -0.4 is 4.90 Å². The molecule has 1 saturated heterocycles. The standard InChI is InChI=1S/C20H19FN2O4S/c21-16-6-4-5-14(11-16)13-27-20(24)15-8-9-17-18(12-15)28(25,26)22-19-7-2-1-3-10-23(17)19/h4-6,8-9,11-12H,1-3,7,10,13H2. The average molecular weight is 402 g/mol. The number of amidine groups is 1. The molecule has 2 aliphatic heterocycles. The van der Waals surface area contributed by atoms with E-state index in [1.54, 1.807) is 18.2 Å². The summed E-state index contributed by atoms with van der Waals surface area (Å²) in [6.45, 7) is 0.597. The Morgan fingerprint density at radius 3 is 2.82 bits per heavy atom. The third-order valence-electron chi connectivity index (χ3n) is 4.84. The van der Waals surface area contributed by atoms with Crippen molar-refractivity contribution in [2.24, 2.45) is 4.40 Å². The molecule has 146 valence electrons. The van der Waals surface area contributed by atoms with Crippen molar-refractivity contribution in [1.82, 2.24) is 0 Å². The highest BCUT2D eigenvalue weighted by atomic mass is 32.2. The molecular formula is C20H19FN2O4S. The van der Waals surface area contributed by atoms with Gasteiger partial charge in [0.25, 0.3) is 10.0 Å². The number of anilines is 1. The minimum absolute atomic E-state index is 0.0124. The van der Waals surface area contributed by atoms with Crippen molar-refractivity contribution in [3.05, 3.63) is 59.4 Å². The van der Waals surface area contributed by atoms with Gasteiger partial charge in [-0.2, -0.15) is 8.42 Å². The van der Waals surface area contributed by atoms with E-state index in [1.165, 1.54) is 24.3 Å². The second-order valence-electron chi connectivity index (χ2n) is 6.83. The zero-order valence-corrected chi connectivity index (χ0v) is 15.9. The van der Waals surface area contributed by atoms with Gasteiger partial charge >= 0.3 is 5.97 Å². The highest BCUT2D eigenvalue weighted by Crippen LogP contribution is 2.35. The molecule has 0 radical (unpaired) electrons. The summed E-state index contributed by atoms with van der Waals surface area (Å²) in [7, 11) is -3.87. The molecule has 0 aliphatic carbocycles. The fraction of sp³-hybridized carbons (Fsp3) is 0.300. The summed E-state index contributed by atoms with van der Waals surface area (Å²) in [5.41, 5.74) is 1.18. The van der Waals surface area contributed by atoms with Crippen LogP contribution in [0.15, 0.2) is 51.8 Å². The summed E-state index contributed by atoms with van der Waals surface area (Å²) in [6, 6.07) is 10.2. The van der Waals surface area contributed by atoms with Gasteiger partial charge in [0.1, 0.15) is 23.2 Å². The summed E-state index contributed by atoms with van der Waals surface area (Å²) in [4.78, 5) is 14.3. The Hall–Kier alpha value is -2.74. The second kappa shape index (κ2) is 7.35. The molecule has 0 atom stereocenters. The van der Waals surface area contributed by atoms with Gasteiger partial charge in [0, 0.05) is 13.0 Å². The van der Waals surface area contributed by atoms with E-state index in [-0.39, 0.29) is 17.1 Å². The summed E-state index contributed by atoms with van der Waals surface area (Å²) in [6.07, 6.45) is 3.51. The SMILES string of the molecule is O=C(OCc1cccc(F)c1)c1ccc2c(c1)S(=O)(=O)N=C1CCCCCN12. The number of carbonyl (C=O) groups is 1. The van der Waals surface area contributed by atoms with Crippen LogP contribution in [0.5, 0.6) is 0 Å². The van der Waals surface area contributed by atoms with Crippen molar-refractivity contribution in [2.75, 3.05) is 11.4 Å². The number of hydrogen-bond acceptors (Lipinski definition) is 5. The number of benzene rings is 2. The fourth-order valence-corrected chi connectivity index (χ4v) is 4.75. The molecule has 1 fully saturated rings. The van der Waals surface area contributed by atoms with Crippen molar-refractivity contribution in [3.8, 4) is 0 Å². The molecule has 0 saturated carbocycles. The van der Waals surface area contributed by atoms with Crippen LogP contribution in [-0.4, -0.2) is 26.8 Å². The Morgan fingerprint density at radius 1 is 1.14 bits per heavy atom. The number of nitrogens with zero attached hydrogens (tertiary/aromatic N) is 2. The number of halogens is 1. The molecule has 2 aromatic carbocycles. The number of carbonyl (C=O) groups excluding carboxylic acids is 1. The van der Waals surface area contributed by atoms with Crippen LogP contribution in [-0.2, 0) is 21.4 Å². The van der Waals surface area contributed by atoms with Gasteiger partial charge in [-0.05, 0) is 48.7 Å². The average Bonchev–Trinajstić information content (AvgIpc) is 2.91. The lowest BCUT2D eigenvalue weighted by Gasteiger charge is -2.29. The maximum absolute atomic E-state index is 13.2. The summed E-state index contributed by atoms with van der Waals surface area (Å²) in [5.74, 6) is -0.529. The van der Waals surface area contributed by atoms with Crippen molar-refractivity contribution in [3.63, 3.8) is 0 Å². The maximum Gasteiger partial charge on any atom is 0.338 e. The predicted molar refractivity (Wildman–Crippen MR) is 102 cm³/mol. The zero-order chi connectivity index (χ0) is 19.7. The van der Waals surface area contributed by atoms with Gasteiger partial charge in [-0.25, -0.2) is 9.18 Å². The van der Waals surface area contributed by atoms with Crippen LogP contribution in [0.1, 0.15) is 41.6 Å². The zero-order valence-electron chi connectivity index (χ0n) is 15.1. The van der Waals surface area contributed by atoms with E-state index < -0.39 is 21.8 Å². The first-order chi connectivity index (χ1) is 13.4. The summed E-state index contributed by atoms with van der Waals surface area (Å²) < 4.78 is 47.6. The van der Waals surface area contributed by atoms with Crippen LogP contribution in [0.4, 0.5) is 10.1 Å². The van der Waals surface area contributed by atoms with E-state index in [0.29, 0.717) is 30.1 Å². The smallest absolute Gasteiger partial charge is 0.338 e. The molecule has 0 unspecified atom stereocenters. The lowest BCUT2D eigenvalue weighted by molar-refractivity contribution is 0.0472. The van der Waals surface area contributed by atoms with Crippen LogP contribution in [0, 0.1) is 5.82 Å². The molecule has 0 N–H and O–H groups in total. The minimum atomic E-state index is -3.87. The molecule has 0 amide bonds. The van der Waals surface area contributed by atoms with E-state index in [4.69, 9.17) is 4.74 Å². The van der Waals surface area contributed by atoms with Gasteiger partial charge in [-0.1, -0.05) is 18.6 Å². The van der Waals surface area contributed by atoms with Crippen molar-refractivity contribution in [2.45, 2.75) is 37.2 Å². The van der Waals surface area contributed by atoms with Crippen LogP contribution in [0.25, 0.3) is 0 Å². The Bertz CT molecular complexity index is 1070. The third-order valence-corrected chi connectivity index (χ3v) is 6.18. The number of ether oxygens (including phenoxy) is 1. The molecule has 8 heteroatoms. The highest BCUT2D eigenvalue weighted by Gasteiger charge is 2.32. The number of fused-ring (bicyclic) bond motifs is 3. The number of esters is 1. The molecule has 4 rings (SSSR count). The van der Waals surface area contributed by atoms with Gasteiger partial charge in [0.15, 0.2) is 0 Å². The molecule has 6 nitrogen and oxygen atoms in total. The first kappa shape index (κ1) is 18.6. The van der Waals surface area contributed by atoms with E-state index >= 15 is 0 Å². The molecular weight excluding hydrogens is 383 g/mol. The normalized spacial score (nSPS) is 17.8. The molecule has 2 heterocycles. The fourth-order valence-electron chi connectivity index (χ4n) is 3.47. The van der Waals surface area contributed by atoms with E-state index in [9.17, 15) is 17.6 Å². The molecule has 0 aromatic heterocycles. The first-order valence-electron chi connectivity index (χ1n) is 9.11. The van der Waals surface area contributed by atoms with Gasteiger partial charge in [0.2, 0.25) is 0 Å². The largest absolute Gasteiger partial charge is 0.457 e. The van der Waals surface area contributed by atoms with E-state index in [2.05, 4.69) is 4.40 Å². The summed E-state index contributed by atoms with van der Waals surface area (Å²) >= 11 is 0. The minimum Gasteiger partial charge on any atom is -0.457 e. The third kappa shape index (κ3) is 3.64. The van der Waals surface area contributed by atoms with Gasteiger partial charge in [-0.3, -0.25) is 0 Å². The second-order valence-corrected chi connectivity index (χ2v) is 8.41. The lowest BCUT2D eigenvalue weighted by Crippen LogP contribution is -2.35. The Morgan fingerprint density at radius 2 is 2.00 bits per heavy atom. The quantitative estimate of drug-likeness (QED) is 0.733. The molecule has 2 aliphatic rings. The van der Waals surface area contributed by atoms with Crippen molar-refractivity contribution < 1.29 is 22.3 Å². The van der Waals surface area contributed by atoms with Crippen LogP contribution >= 0.6 is 0 Å². The lowest BCUT2D eigenvalue weighted by atomic mass is 10.1. The maximum atomic E-state index is 13.2. The van der Waals surface area contributed by atoms with Crippen molar-refractivity contribution >= 4 is 27.5 Å². The van der Waals surface area contributed by atoms with Gasteiger partial charge < -0.3 is 9.64 Å². The highest BCUT2D eigenvalue weighted by molar-refractivity contribution is 7.90. The molecule has 28 heavy (non-hydrogen) atoms. The van der Waals surface area contributed by atoms with E-state index in [0.717, 1.165) is 19.3 Å². The van der Waals surface area contributed by atoms with Crippen LogP contribution in [0.3, 0.4) is 0 Å². The number of rotatable bonds is 3. The van der Waals surface area contributed by atoms with Crippen molar-refractivity contribution in [1.29, 1.82) is 0 Å². The summed E-state index contributed by atoms with van der Waals surface area (Å²) in [5, 5.41) is 0. The van der Waals surface area contributed by atoms with Gasteiger partial charge in [-0.15, -0.1) is 4.40 Å². The molecule has 2 aromatic rings. The first-order valence-corrected chi connectivity index (χ1v) is 10.5. The van der Waals surface area contributed by atoms with Gasteiger partial charge in [0.05, 0.1) is 11.3 Å². The van der Waals surface area contributed by atoms with E-state index in [1.807, 2.05) is 4.90 Å². The topological polar surface area (TPSA) is 76.0 Å². The number of hydrogen-bond donors (Lipinski definition) is 0. The predicted octanol–water partition coefficient (Wildman–Crippen LogP) is 3.66.